The third kappa shape index (κ3) is 2.91. The first-order chi connectivity index (χ1) is 9.58. The van der Waals surface area contributed by atoms with Crippen molar-refractivity contribution in [2.24, 2.45) is 5.41 Å². The van der Waals surface area contributed by atoms with Crippen LogP contribution in [0.25, 0.3) is 0 Å². The molecule has 1 saturated heterocycles. The molecular formula is C16H24N2OS. The summed E-state index contributed by atoms with van der Waals surface area (Å²) in [4.78, 5) is 15.1. The van der Waals surface area contributed by atoms with Gasteiger partial charge >= 0.3 is 0 Å². The maximum absolute atomic E-state index is 13.0. The molecule has 2 fully saturated rings. The summed E-state index contributed by atoms with van der Waals surface area (Å²) < 4.78 is 0. The fourth-order valence-electron chi connectivity index (χ4n) is 3.15. The number of thiophene rings is 1. The lowest BCUT2D eigenvalue weighted by atomic mass is 9.77. The number of hydrogen-bond acceptors (Lipinski definition) is 3. The van der Waals surface area contributed by atoms with E-state index in [1.165, 1.54) is 24.8 Å². The lowest BCUT2D eigenvalue weighted by Gasteiger charge is -2.41. The van der Waals surface area contributed by atoms with E-state index in [4.69, 9.17) is 0 Å². The second-order valence-corrected chi connectivity index (χ2v) is 7.59. The molecule has 1 aromatic heterocycles. The van der Waals surface area contributed by atoms with Crippen molar-refractivity contribution < 1.29 is 4.79 Å². The van der Waals surface area contributed by atoms with Crippen LogP contribution < -0.4 is 5.32 Å². The zero-order valence-electron chi connectivity index (χ0n) is 12.4. The number of carbonyl (C=O) groups excluding carboxylic acids is 1. The average Bonchev–Trinajstić information content (AvgIpc) is 3.12. The zero-order valence-corrected chi connectivity index (χ0v) is 13.2. The Bertz CT molecular complexity index is 465. The third-order valence-corrected chi connectivity index (χ3v) is 5.31. The minimum atomic E-state index is -0.0181. The minimum absolute atomic E-state index is 0.0181. The highest BCUT2D eigenvalue weighted by Crippen LogP contribution is 2.35. The molecule has 1 aliphatic carbocycles. The van der Waals surface area contributed by atoms with Gasteiger partial charge in [0.2, 0.25) is 5.91 Å². The van der Waals surface area contributed by atoms with Gasteiger partial charge in [0.15, 0.2) is 0 Å². The Morgan fingerprint density at radius 3 is 2.90 bits per heavy atom. The Morgan fingerprint density at radius 2 is 2.30 bits per heavy atom. The summed E-state index contributed by atoms with van der Waals surface area (Å²) >= 11 is 1.71. The largest absolute Gasteiger partial charge is 0.334 e. The number of nitrogens with one attached hydrogen (secondary N) is 1. The quantitative estimate of drug-likeness (QED) is 0.925. The van der Waals surface area contributed by atoms with E-state index in [0.29, 0.717) is 11.9 Å². The van der Waals surface area contributed by atoms with Gasteiger partial charge in [-0.2, -0.15) is 11.3 Å². The Labute approximate surface area is 125 Å². The van der Waals surface area contributed by atoms with Crippen LogP contribution in [-0.4, -0.2) is 29.4 Å². The molecule has 0 radical (unpaired) electrons. The standard InChI is InChI=1S/C16H24N2OS/c1-16(2)7-3-8-17-14(16)15(19)18(13-4-5-13)10-12-6-9-20-11-12/h6,9,11,13-14,17H,3-5,7-8,10H2,1-2H3. The van der Waals surface area contributed by atoms with Crippen LogP contribution in [0.1, 0.15) is 45.1 Å². The van der Waals surface area contributed by atoms with Gasteiger partial charge in [-0.15, -0.1) is 0 Å². The van der Waals surface area contributed by atoms with Crippen molar-refractivity contribution in [2.75, 3.05) is 6.54 Å². The van der Waals surface area contributed by atoms with Crippen LogP contribution in [0.4, 0.5) is 0 Å². The minimum Gasteiger partial charge on any atom is -0.334 e. The van der Waals surface area contributed by atoms with Crippen molar-refractivity contribution in [1.29, 1.82) is 0 Å². The molecule has 1 N–H and O–H groups in total. The molecule has 20 heavy (non-hydrogen) atoms. The SMILES string of the molecule is CC1(C)CCCNC1C(=O)N(Cc1ccsc1)C1CC1. The van der Waals surface area contributed by atoms with Crippen molar-refractivity contribution in [3.8, 4) is 0 Å². The number of carbonyl (C=O) groups is 1. The van der Waals surface area contributed by atoms with Crippen molar-refractivity contribution in [1.82, 2.24) is 10.2 Å². The summed E-state index contributed by atoms with van der Waals surface area (Å²) in [5, 5.41) is 7.71. The molecule has 1 atom stereocenters. The molecule has 1 unspecified atom stereocenters. The second kappa shape index (κ2) is 5.49. The Kier molecular flexibility index (Phi) is 3.87. The van der Waals surface area contributed by atoms with Crippen LogP contribution in [0.15, 0.2) is 16.8 Å². The first-order valence-electron chi connectivity index (χ1n) is 7.63. The first kappa shape index (κ1) is 14.1. The molecule has 0 bridgehead atoms. The molecule has 110 valence electrons. The monoisotopic (exact) mass is 292 g/mol. The average molecular weight is 292 g/mol. The Balaban J connectivity index is 1.75. The van der Waals surface area contributed by atoms with Gasteiger partial charge < -0.3 is 10.2 Å². The lowest BCUT2D eigenvalue weighted by Crippen LogP contribution is -2.56. The first-order valence-corrected chi connectivity index (χ1v) is 8.57. The fraction of sp³-hybridized carbons (Fsp3) is 0.688. The molecule has 2 aliphatic rings. The molecule has 0 aromatic carbocycles. The van der Waals surface area contributed by atoms with Crippen LogP contribution in [0.2, 0.25) is 0 Å². The number of nitrogens with zero attached hydrogens (tertiary/aromatic N) is 1. The Morgan fingerprint density at radius 1 is 1.50 bits per heavy atom. The van der Waals surface area contributed by atoms with E-state index < -0.39 is 0 Å². The molecule has 1 aliphatic heterocycles. The molecule has 1 amide bonds. The highest BCUT2D eigenvalue weighted by molar-refractivity contribution is 7.07. The van der Waals surface area contributed by atoms with Gasteiger partial charge in [0, 0.05) is 12.6 Å². The predicted octanol–water partition coefficient (Wildman–Crippen LogP) is 3.02. The van der Waals surface area contributed by atoms with Crippen LogP contribution in [0.3, 0.4) is 0 Å². The molecule has 1 saturated carbocycles. The molecular weight excluding hydrogens is 268 g/mol. The maximum atomic E-state index is 13.0. The van der Waals surface area contributed by atoms with Gasteiger partial charge in [-0.25, -0.2) is 0 Å². The highest BCUT2D eigenvalue weighted by atomic mass is 32.1. The third-order valence-electron chi connectivity index (χ3n) is 4.58. The van der Waals surface area contributed by atoms with Crippen LogP contribution in [0.5, 0.6) is 0 Å². The molecule has 1 aromatic rings. The number of hydrogen-bond donors (Lipinski definition) is 1. The number of amides is 1. The summed E-state index contributed by atoms with van der Waals surface area (Å²) in [6.07, 6.45) is 4.64. The van der Waals surface area contributed by atoms with E-state index in [0.717, 1.165) is 19.5 Å². The molecule has 3 rings (SSSR count). The lowest BCUT2D eigenvalue weighted by molar-refractivity contribution is -0.138. The number of piperidine rings is 1. The van der Waals surface area contributed by atoms with Gasteiger partial charge in [-0.1, -0.05) is 13.8 Å². The van der Waals surface area contributed by atoms with E-state index >= 15 is 0 Å². The summed E-state index contributed by atoms with van der Waals surface area (Å²) in [7, 11) is 0. The van der Waals surface area contributed by atoms with Crippen LogP contribution >= 0.6 is 11.3 Å². The predicted molar refractivity (Wildman–Crippen MR) is 82.7 cm³/mol. The number of rotatable bonds is 4. The van der Waals surface area contributed by atoms with E-state index in [9.17, 15) is 4.79 Å². The Hall–Kier alpha value is -0.870. The molecule has 0 spiro atoms. The van der Waals surface area contributed by atoms with Gasteiger partial charge in [-0.05, 0) is 60.0 Å². The van der Waals surface area contributed by atoms with Crippen molar-refractivity contribution in [3.05, 3.63) is 22.4 Å². The molecule has 3 nitrogen and oxygen atoms in total. The van der Waals surface area contributed by atoms with Gasteiger partial charge in [-0.3, -0.25) is 4.79 Å². The van der Waals surface area contributed by atoms with Gasteiger partial charge in [0.05, 0.1) is 6.04 Å². The molecule has 2 heterocycles. The van der Waals surface area contributed by atoms with Gasteiger partial charge in [0.1, 0.15) is 0 Å². The summed E-state index contributed by atoms with van der Waals surface area (Å²) in [5.74, 6) is 0.309. The zero-order chi connectivity index (χ0) is 14.2. The summed E-state index contributed by atoms with van der Waals surface area (Å²) in [6, 6.07) is 2.59. The second-order valence-electron chi connectivity index (χ2n) is 6.81. The van der Waals surface area contributed by atoms with Crippen molar-refractivity contribution >= 4 is 17.2 Å². The van der Waals surface area contributed by atoms with Crippen molar-refractivity contribution in [3.63, 3.8) is 0 Å². The van der Waals surface area contributed by atoms with E-state index in [-0.39, 0.29) is 11.5 Å². The van der Waals surface area contributed by atoms with Gasteiger partial charge in [0.25, 0.3) is 0 Å². The van der Waals surface area contributed by atoms with Crippen molar-refractivity contribution in [2.45, 2.75) is 58.2 Å². The topological polar surface area (TPSA) is 32.3 Å². The van der Waals surface area contributed by atoms with Crippen LogP contribution in [0, 0.1) is 5.41 Å². The maximum Gasteiger partial charge on any atom is 0.240 e. The fourth-order valence-corrected chi connectivity index (χ4v) is 3.81. The summed E-state index contributed by atoms with van der Waals surface area (Å²) in [6.45, 7) is 6.19. The summed E-state index contributed by atoms with van der Waals surface area (Å²) in [5.41, 5.74) is 1.33. The highest BCUT2D eigenvalue weighted by Gasteiger charge is 2.42. The van der Waals surface area contributed by atoms with Crippen LogP contribution in [-0.2, 0) is 11.3 Å². The van der Waals surface area contributed by atoms with E-state index in [1.807, 2.05) is 0 Å². The van der Waals surface area contributed by atoms with E-state index in [2.05, 4.69) is 40.9 Å². The molecule has 4 heteroatoms. The van der Waals surface area contributed by atoms with E-state index in [1.54, 1.807) is 11.3 Å². The smallest absolute Gasteiger partial charge is 0.240 e. The normalized spacial score (nSPS) is 25.4.